The van der Waals surface area contributed by atoms with Crippen molar-refractivity contribution in [2.24, 2.45) is 7.05 Å². The Kier molecular flexibility index (Phi) is 6.31. The van der Waals surface area contributed by atoms with E-state index in [2.05, 4.69) is 10.3 Å². The molecule has 0 spiro atoms. The van der Waals surface area contributed by atoms with E-state index < -0.39 is 52.8 Å². The number of aryl methyl sites for hydroxylation is 1. The van der Waals surface area contributed by atoms with Gasteiger partial charge < -0.3 is 19.7 Å². The zero-order valence-corrected chi connectivity index (χ0v) is 17.2. The van der Waals surface area contributed by atoms with E-state index in [-0.39, 0.29) is 16.3 Å². The van der Waals surface area contributed by atoms with Gasteiger partial charge in [0, 0.05) is 18.8 Å². The Balaban J connectivity index is 2.09. The monoisotopic (exact) mass is 475 g/mol. The van der Waals surface area contributed by atoms with E-state index in [1.54, 1.807) is 0 Å². The van der Waals surface area contributed by atoms with Gasteiger partial charge in [-0.25, -0.2) is 8.78 Å². The second-order valence-corrected chi connectivity index (χ2v) is 7.12. The minimum Gasteiger partial charge on any atom is -0.480 e. The van der Waals surface area contributed by atoms with Crippen molar-refractivity contribution in [2.75, 3.05) is 5.32 Å². The molecule has 0 aliphatic rings. The number of aromatic nitrogens is 2. The molecule has 0 aliphatic carbocycles. The molecule has 0 radical (unpaired) electrons. The maximum atomic E-state index is 14.8. The quantitative estimate of drug-likeness (QED) is 0.491. The number of nitrogens with one attached hydrogen (secondary N) is 1. The molecule has 0 saturated heterocycles. The number of para-hydroxylation sites is 1. The second-order valence-electron chi connectivity index (χ2n) is 6.72. The van der Waals surface area contributed by atoms with Crippen LogP contribution in [0.5, 0.6) is 11.8 Å². The molecule has 2 aromatic carbocycles. The number of rotatable bonds is 5. The molecule has 3 aromatic rings. The van der Waals surface area contributed by atoms with Crippen molar-refractivity contribution < 1.29 is 36.6 Å². The molecule has 0 fully saturated rings. The van der Waals surface area contributed by atoms with Gasteiger partial charge in [0.25, 0.3) is 11.9 Å². The number of carbonyl (C=O) groups is 1. The van der Waals surface area contributed by atoms with Gasteiger partial charge in [-0.2, -0.15) is 18.2 Å². The van der Waals surface area contributed by atoms with Crippen molar-refractivity contribution in [1.82, 2.24) is 9.55 Å². The summed E-state index contributed by atoms with van der Waals surface area (Å²) < 4.78 is 74.1. The van der Waals surface area contributed by atoms with Gasteiger partial charge in [-0.3, -0.25) is 4.79 Å². The fraction of sp³-hybridized carbons (Fsp3) is 0.200. The van der Waals surface area contributed by atoms with Crippen LogP contribution in [0.25, 0.3) is 11.3 Å². The first-order chi connectivity index (χ1) is 14.9. The number of anilines is 1. The van der Waals surface area contributed by atoms with Crippen LogP contribution in [0.3, 0.4) is 0 Å². The molecule has 0 aliphatic heterocycles. The fourth-order valence-corrected chi connectivity index (χ4v) is 2.88. The summed E-state index contributed by atoms with van der Waals surface area (Å²) in [4.78, 5) is 16.4. The van der Waals surface area contributed by atoms with Gasteiger partial charge in [0.1, 0.15) is 17.4 Å². The van der Waals surface area contributed by atoms with Gasteiger partial charge >= 0.3 is 6.18 Å². The summed E-state index contributed by atoms with van der Waals surface area (Å²) in [6.45, 7) is 0.699. The Hall–Kier alpha value is -3.34. The molecule has 3 rings (SSSR count). The minimum atomic E-state index is -4.79. The third-order valence-electron chi connectivity index (χ3n) is 4.41. The largest absolute Gasteiger partial charge is 0.480 e. The standard InChI is InChI=1S/C20H15ClF5N3O3/c1-9(20(24,25)26)32-16-7-10(15-8-29(2)19(31)27-15)14(23)6-11(16)18(30)28-17-12(21)4-3-5-13(17)22/h3-9H,1-2H3,(H,27,31)(H,28,30). The zero-order valence-electron chi connectivity index (χ0n) is 16.5. The highest BCUT2D eigenvalue weighted by Gasteiger charge is 2.39. The molecule has 1 aromatic heterocycles. The number of hydrogen-bond donors (Lipinski definition) is 2. The van der Waals surface area contributed by atoms with E-state index in [0.717, 1.165) is 16.7 Å². The number of ether oxygens (including phenoxy) is 1. The average molecular weight is 476 g/mol. The van der Waals surface area contributed by atoms with Gasteiger partial charge in [-0.05, 0) is 31.2 Å². The van der Waals surface area contributed by atoms with Crippen LogP contribution in [0.2, 0.25) is 5.02 Å². The van der Waals surface area contributed by atoms with Crippen molar-refractivity contribution in [3.05, 3.63) is 58.7 Å². The summed E-state index contributed by atoms with van der Waals surface area (Å²) in [5, 5.41) is 11.5. The Bertz CT molecular complexity index is 1140. The Labute approximate surface area is 183 Å². The molecule has 2 N–H and O–H groups in total. The number of aromatic hydroxyl groups is 1. The summed E-state index contributed by atoms with van der Waals surface area (Å²) in [5.41, 5.74) is -1.52. The normalized spacial score (nSPS) is 12.5. The van der Waals surface area contributed by atoms with Crippen LogP contribution in [-0.4, -0.2) is 32.8 Å². The first-order valence-electron chi connectivity index (χ1n) is 8.93. The molecule has 170 valence electrons. The number of halogens is 6. The molecule has 1 unspecified atom stereocenters. The third kappa shape index (κ3) is 4.77. The van der Waals surface area contributed by atoms with Gasteiger partial charge in [0.15, 0.2) is 6.10 Å². The van der Waals surface area contributed by atoms with Crippen molar-refractivity contribution in [2.45, 2.75) is 19.2 Å². The molecule has 1 amide bonds. The molecular weight excluding hydrogens is 461 g/mol. The fourth-order valence-electron chi connectivity index (χ4n) is 2.67. The number of nitrogens with zero attached hydrogens (tertiary/aromatic N) is 2. The molecular formula is C20H15ClF5N3O3. The molecule has 0 bridgehead atoms. The van der Waals surface area contributed by atoms with Crippen molar-refractivity contribution in [3.8, 4) is 23.0 Å². The Morgan fingerprint density at radius 3 is 2.50 bits per heavy atom. The Morgan fingerprint density at radius 2 is 1.94 bits per heavy atom. The van der Waals surface area contributed by atoms with E-state index in [0.29, 0.717) is 13.0 Å². The average Bonchev–Trinajstić information content (AvgIpc) is 3.03. The number of alkyl halides is 3. The first-order valence-corrected chi connectivity index (χ1v) is 9.31. The minimum absolute atomic E-state index is 0.115. The molecule has 12 heteroatoms. The third-order valence-corrected chi connectivity index (χ3v) is 4.72. The van der Waals surface area contributed by atoms with Crippen molar-refractivity contribution in [1.29, 1.82) is 0 Å². The van der Waals surface area contributed by atoms with Crippen molar-refractivity contribution >= 4 is 23.2 Å². The van der Waals surface area contributed by atoms with Crippen LogP contribution < -0.4 is 10.1 Å². The predicted molar refractivity (Wildman–Crippen MR) is 106 cm³/mol. The molecule has 1 heterocycles. The van der Waals surface area contributed by atoms with Crippen molar-refractivity contribution in [3.63, 3.8) is 0 Å². The van der Waals surface area contributed by atoms with E-state index in [1.165, 1.54) is 25.4 Å². The summed E-state index contributed by atoms with van der Waals surface area (Å²) in [5.74, 6) is -3.74. The highest BCUT2D eigenvalue weighted by Crippen LogP contribution is 2.35. The number of amides is 1. The SMILES string of the molecule is CC(Oc1cc(-c2cn(C)c(O)n2)c(F)cc1C(=O)Nc1c(F)cccc1Cl)C(F)(F)F. The van der Waals surface area contributed by atoms with E-state index >= 15 is 0 Å². The van der Waals surface area contributed by atoms with Crippen LogP contribution in [0.4, 0.5) is 27.6 Å². The van der Waals surface area contributed by atoms with Crippen LogP contribution in [0.15, 0.2) is 36.5 Å². The number of benzene rings is 2. The Morgan fingerprint density at radius 1 is 1.25 bits per heavy atom. The van der Waals surface area contributed by atoms with Crippen LogP contribution >= 0.6 is 11.6 Å². The van der Waals surface area contributed by atoms with Crippen LogP contribution in [-0.2, 0) is 7.05 Å². The maximum Gasteiger partial charge on any atom is 0.425 e. The van der Waals surface area contributed by atoms with Crippen LogP contribution in [0, 0.1) is 11.6 Å². The van der Waals surface area contributed by atoms with E-state index in [9.17, 15) is 31.9 Å². The second kappa shape index (κ2) is 8.65. The smallest absolute Gasteiger partial charge is 0.425 e. The number of carbonyl (C=O) groups excluding carboxylic acids is 1. The summed E-state index contributed by atoms with van der Waals surface area (Å²) >= 11 is 5.86. The van der Waals surface area contributed by atoms with Gasteiger partial charge in [0.05, 0.1) is 22.0 Å². The summed E-state index contributed by atoms with van der Waals surface area (Å²) in [6.07, 6.45) is -5.93. The van der Waals surface area contributed by atoms with Crippen LogP contribution in [0.1, 0.15) is 17.3 Å². The predicted octanol–water partition coefficient (Wildman–Crippen LogP) is 5.31. The number of imidazole rings is 1. The van der Waals surface area contributed by atoms with Gasteiger partial charge in [0.2, 0.25) is 0 Å². The highest BCUT2D eigenvalue weighted by atomic mass is 35.5. The lowest BCUT2D eigenvalue weighted by Crippen LogP contribution is -2.32. The number of hydrogen-bond acceptors (Lipinski definition) is 4. The zero-order chi connectivity index (χ0) is 23.8. The lowest BCUT2D eigenvalue weighted by molar-refractivity contribution is -0.189. The summed E-state index contributed by atoms with van der Waals surface area (Å²) in [6, 6.07) is 4.56. The molecule has 0 saturated carbocycles. The van der Waals surface area contributed by atoms with E-state index in [1.807, 2.05) is 0 Å². The lowest BCUT2D eigenvalue weighted by atomic mass is 10.1. The topological polar surface area (TPSA) is 76.4 Å². The molecule has 32 heavy (non-hydrogen) atoms. The molecule has 1 atom stereocenters. The van der Waals surface area contributed by atoms with Gasteiger partial charge in [-0.15, -0.1) is 0 Å². The maximum absolute atomic E-state index is 14.8. The lowest BCUT2D eigenvalue weighted by Gasteiger charge is -2.20. The first kappa shape index (κ1) is 23.3. The summed E-state index contributed by atoms with van der Waals surface area (Å²) in [7, 11) is 1.41. The highest BCUT2D eigenvalue weighted by molar-refractivity contribution is 6.34. The van der Waals surface area contributed by atoms with E-state index in [4.69, 9.17) is 16.3 Å². The van der Waals surface area contributed by atoms with Gasteiger partial charge in [-0.1, -0.05) is 17.7 Å². The molecule has 6 nitrogen and oxygen atoms in total.